The molecular formula is C24H34N2O7S. The Morgan fingerprint density at radius 2 is 1.71 bits per heavy atom. The first-order valence-electron chi connectivity index (χ1n) is 11.1. The molecular weight excluding hydrogens is 460 g/mol. The number of sulfonamides is 1. The van der Waals surface area contributed by atoms with Gasteiger partial charge in [-0.1, -0.05) is 0 Å². The van der Waals surface area contributed by atoms with Gasteiger partial charge in [0, 0.05) is 19.2 Å². The average Bonchev–Trinajstić information content (AvgIpc) is 2.82. The number of carbonyl (C=O) groups excluding carboxylic acids is 1. The second kappa shape index (κ2) is 13.0. The van der Waals surface area contributed by atoms with Gasteiger partial charge in [0.05, 0.1) is 37.5 Å². The van der Waals surface area contributed by atoms with Crippen LogP contribution in [0.2, 0.25) is 0 Å². The number of methoxy groups -OCH3 is 2. The van der Waals surface area contributed by atoms with Gasteiger partial charge in [-0.3, -0.25) is 9.10 Å². The van der Waals surface area contributed by atoms with E-state index >= 15 is 0 Å². The van der Waals surface area contributed by atoms with E-state index < -0.39 is 22.5 Å². The van der Waals surface area contributed by atoms with Crippen LogP contribution in [0, 0.1) is 0 Å². The number of hydrogen-bond donors (Lipinski definition) is 1. The maximum absolute atomic E-state index is 13.6. The fourth-order valence-electron chi connectivity index (χ4n) is 3.10. The van der Waals surface area contributed by atoms with E-state index in [1.807, 2.05) is 20.8 Å². The molecule has 1 amide bonds. The predicted molar refractivity (Wildman–Crippen MR) is 130 cm³/mol. The first-order chi connectivity index (χ1) is 16.2. The standard InChI is InChI=1S/C24H34N2O7S/c1-6-32-20-10-8-19(9-11-20)26(17-24(27)25-14-7-15-33-18(2)3)34(28,29)21-12-13-22(30-4)23(16-21)31-5/h8-13,16,18H,6-7,14-15,17H2,1-5H3,(H,25,27). The van der Waals surface area contributed by atoms with Crippen molar-refractivity contribution < 1.29 is 32.2 Å². The van der Waals surface area contributed by atoms with E-state index in [2.05, 4.69) is 5.32 Å². The zero-order chi connectivity index (χ0) is 25.1. The van der Waals surface area contributed by atoms with Gasteiger partial charge in [-0.05, 0) is 63.6 Å². The van der Waals surface area contributed by atoms with Crippen LogP contribution >= 0.6 is 0 Å². The Bertz CT molecular complexity index is 1020. The topological polar surface area (TPSA) is 103 Å². The van der Waals surface area contributed by atoms with Crippen LogP contribution in [-0.4, -0.2) is 61.0 Å². The van der Waals surface area contributed by atoms with Crippen LogP contribution in [-0.2, 0) is 19.6 Å². The third kappa shape index (κ3) is 7.53. The monoisotopic (exact) mass is 494 g/mol. The molecule has 9 nitrogen and oxygen atoms in total. The summed E-state index contributed by atoms with van der Waals surface area (Å²) in [5.74, 6) is 0.840. The summed E-state index contributed by atoms with van der Waals surface area (Å²) in [6.07, 6.45) is 0.729. The summed E-state index contributed by atoms with van der Waals surface area (Å²) in [6, 6.07) is 10.8. The number of rotatable bonds is 14. The van der Waals surface area contributed by atoms with Crippen LogP contribution in [0.3, 0.4) is 0 Å². The molecule has 0 aliphatic carbocycles. The highest BCUT2D eigenvalue weighted by Crippen LogP contribution is 2.32. The van der Waals surface area contributed by atoms with E-state index in [9.17, 15) is 13.2 Å². The van der Waals surface area contributed by atoms with Crippen LogP contribution < -0.4 is 23.8 Å². The zero-order valence-electron chi connectivity index (χ0n) is 20.4. The van der Waals surface area contributed by atoms with Crippen molar-refractivity contribution in [1.29, 1.82) is 0 Å². The van der Waals surface area contributed by atoms with E-state index in [0.717, 1.165) is 4.31 Å². The highest BCUT2D eigenvalue weighted by Gasteiger charge is 2.28. The molecule has 1 N–H and O–H groups in total. The number of hydrogen-bond acceptors (Lipinski definition) is 7. The van der Waals surface area contributed by atoms with Crippen LogP contribution in [0.1, 0.15) is 27.2 Å². The molecule has 0 radical (unpaired) electrons. The van der Waals surface area contributed by atoms with E-state index in [-0.39, 0.29) is 16.7 Å². The average molecular weight is 495 g/mol. The quantitative estimate of drug-likeness (QED) is 0.402. The molecule has 2 rings (SSSR count). The molecule has 10 heteroatoms. The maximum atomic E-state index is 13.6. The summed E-state index contributed by atoms with van der Waals surface area (Å²) in [6.45, 7) is 6.70. The fourth-order valence-corrected chi connectivity index (χ4v) is 4.54. The van der Waals surface area contributed by atoms with Gasteiger partial charge in [0.2, 0.25) is 5.91 Å². The van der Waals surface area contributed by atoms with Crippen molar-refractivity contribution in [1.82, 2.24) is 5.32 Å². The number of nitrogens with zero attached hydrogens (tertiary/aromatic N) is 1. The van der Waals surface area contributed by atoms with Crippen molar-refractivity contribution >= 4 is 21.6 Å². The number of anilines is 1. The van der Waals surface area contributed by atoms with Gasteiger partial charge < -0.3 is 24.3 Å². The summed E-state index contributed by atoms with van der Waals surface area (Å²) < 4.78 is 49.6. The van der Waals surface area contributed by atoms with Gasteiger partial charge in [-0.15, -0.1) is 0 Å². The number of amides is 1. The van der Waals surface area contributed by atoms with E-state index in [1.165, 1.54) is 32.4 Å². The van der Waals surface area contributed by atoms with Crippen molar-refractivity contribution in [2.24, 2.45) is 0 Å². The summed E-state index contributed by atoms with van der Waals surface area (Å²) >= 11 is 0. The second-order valence-electron chi connectivity index (χ2n) is 7.58. The van der Waals surface area contributed by atoms with E-state index in [1.54, 1.807) is 24.3 Å². The van der Waals surface area contributed by atoms with Crippen molar-refractivity contribution in [3.63, 3.8) is 0 Å². The largest absolute Gasteiger partial charge is 0.494 e. The Balaban J connectivity index is 2.30. The summed E-state index contributed by atoms with van der Waals surface area (Å²) in [4.78, 5) is 12.6. The van der Waals surface area contributed by atoms with Crippen molar-refractivity contribution in [3.05, 3.63) is 42.5 Å². The molecule has 34 heavy (non-hydrogen) atoms. The highest BCUT2D eigenvalue weighted by molar-refractivity contribution is 7.92. The summed E-state index contributed by atoms with van der Waals surface area (Å²) in [5, 5.41) is 2.76. The maximum Gasteiger partial charge on any atom is 0.264 e. The Kier molecular flexibility index (Phi) is 10.5. The van der Waals surface area contributed by atoms with Gasteiger partial charge in [-0.2, -0.15) is 0 Å². The minimum atomic E-state index is -4.11. The summed E-state index contributed by atoms with van der Waals surface area (Å²) in [7, 11) is -1.21. The molecule has 0 saturated heterocycles. The Morgan fingerprint density at radius 1 is 1.03 bits per heavy atom. The SMILES string of the molecule is CCOc1ccc(N(CC(=O)NCCCOC(C)C)S(=O)(=O)c2ccc(OC)c(OC)c2)cc1. The molecule has 0 aliphatic heterocycles. The third-order valence-electron chi connectivity index (χ3n) is 4.76. The molecule has 0 heterocycles. The molecule has 0 aromatic heterocycles. The van der Waals surface area contributed by atoms with Crippen LogP contribution in [0.4, 0.5) is 5.69 Å². The molecule has 2 aromatic carbocycles. The molecule has 188 valence electrons. The number of nitrogens with one attached hydrogen (secondary N) is 1. The minimum absolute atomic E-state index is 0.0304. The number of benzene rings is 2. The minimum Gasteiger partial charge on any atom is -0.494 e. The first-order valence-corrected chi connectivity index (χ1v) is 12.5. The van der Waals surface area contributed by atoms with Gasteiger partial charge in [0.25, 0.3) is 10.0 Å². The molecule has 2 aromatic rings. The van der Waals surface area contributed by atoms with E-state index in [0.29, 0.717) is 43.4 Å². The molecule has 0 bridgehead atoms. The lowest BCUT2D eigenvalue weighted by Crippen LogP contribution is -2.41. The molecule has 0 atom stereocenters. The van der Waals surface area contributed by atoms with Gasteiger partial charge >= 0.3 is 0 Å². The van der Waals surface area contributed by atoms with Crippen LogP contribution in [0.25, 0.3) is 0 Å². The zero-order valence-corrected chi connectivity index (χ0v) is 21.2. The second-order valence-corrected chi connectivity index (χ2v) is 9.44. The van der Waals surface area contributed by atoms with Crippen molar-refractivity contribution in [2.45, 2.75) is 38.2 Å². The lowest BCUT2D eigenvalue weighted by Gasteiger charge is -2.24. The number of carbonyl (C=O) groups is 1. The Hall–Kier alpha value is -2.98. The number of ether oxygens (including phenoxy) is 4. The highest BCUT2D eigenvalue weighted by atomic mass is 32.2. The normalized spacial score (nSPS) is 11.2. The fraction of sp³-hybridized carbons (Fsp3) is 0.458. The molecule has 0 aliphatic rings. The molecule has 0 unspecified atom stereocenters. The first kappa shape index (κ1) is 27.3. The predicted octanol–water partition coefficient (Wildman–Crippen LogP) is 3.23. The summed E-state index contributed by atoms with van der Waals surface area (Å²) in [5.41, 5.74) is 0.330. The van der Waals surface area contributed by atoms with E-state index in [4.69, 9.17) is 18.9 Å². The van der Waals surface area contributed by atoms with Gasteiger partial charge in [0.15, 0.2) is 11.5 Å². The Labute approximate surface area is 202 Å². The lowest BCUT2D eigenvalue weighted by molar-refractivity contribution is -0.119. The van der Waals surface area contributed by atoms with Crippen LogP contribution in [0.15, 0.2) is 47.4 Å². The van der Waals surface area contributed by atoms with Crippen LogP contribution in [0.5, 0.6) is 17.2 Å². The molecule has 0 fully saturated rings. The molecule has 0 saturated carbocycles. The molecule has 0 spiro atoms. The third-order valence-corrected chi connectivity index (χ3v) is 6.53. The van der Waals surface area contributed by atoms with Crippen molar-refractivity contribution in [2.75, 3.05) is 44.8 Å². The van der Waals surface area contributed by atoms with Crippen molar-refractivity contribution in [3.8, 4) is 17.2 Å². The lowest BCUT2D eigenvalue weighted by atomic mass is 10.3. The Morgan fingerprint density at radius 3 is 2.29 bits per heavy atom. The van der Waals surface area contributed by atoms with Gasteiger partial charge in [-0.25, -0.2) is 8.42 Å². The smallest absolute Gasteiger partial charge is 0.264 e. The van der Waals surface area contributed by atoms with Gasteiger partial charge in [0.1, 0.15) is 12.3 Å².